The van der Waals surface area contributed by atoms with E-state index < -0.39 is 6.09 Å². The molecule has 0 aromatic rings. The van der Waals surface area contributed by atoms with Gasteiger partial charge in [0.2, 0.25) is 0 Å². The average molecular weight is 173 g/mol. The maximum Gasteiger partial charge on any atom is 0.407 e. The Hall–Kier alpha value is -1.03. The molecule has 2 N–H and O–H groups in total. The lowest BCUT2D eigenvalue weighted by Crippen LogP contribution is -2.37. The highest BCUT2D eigenvalue weighted by Crippen LogP contribution is 1.89. The Labute approximate surface area is 72.2 Å². The molecule has 0 rings (SSSR count). The number of ether oxygens (including phenoxy) is 1. The first-order valence-electron chi connectivity index (χ1n) is 3.89. The first-order chi connectivity index (χ1) is 5.74. The largest absolute Gasteiger partial charge is 0.445 e. The summed E-state index contributed by atoms with van der Waals surface area (Å²) < 4.78 is 4.65. The van der Waals surface area contributed by atoms with Gasteiger partial charge in [-0.15, -0.1) is 0 Å². The molecule has 0 aliphatic rings. The van der Waals surface area contributed by atoms with Crippen molar-refractivity contribution in [1.29, 1.82) is 0 Å². The van der Waals surface area contributed by atoms with Gasteiger partial charge in [-0.05, 0) is 6.42 Å². The molecule has 1 atom stereocenters. The SMILES string of the molecule is C=CCOC(=O)N[C@H](CC)CO. The number of hydrogen-bond acceptors (Lipinski definition) is 3. The quantitative estimate of drug-likeness (QED) is 0.601. The maximum atomic E-state index is 10.8. The van der Waals surface area contributed by atoms with Gasteiger partial charge < -0.3 is 15.2 Å². The highest BCUT2D eigenvalue weighted by Gasteiger charge is 2.08. The van der Waals surface area contributed by atoms with Gasteiger partial charge in [0.05, 0.1) is 12.6 Å². The Morgan fingerprint density at radius 3 is 2.92 bits per heavy atom. The van der Waals surface area contributed by atoms with Crippen molar-refractivity contribution >= 4 is 6.09 Å². The molecule has 0 bridgehead atoms. The van der Waals surface area contributed by atoms with Gasteiger partial charge in [-0.2, -0.15) is 0 Å². The summed E-state index contributed by atoms with van der Waals surface area (Å²) >= 11 is 0. The van der Waals surface area contributed by atoms with Crippen LogP contribution in [0.15, 0.2) is 12.7 Å². The van der Waals surface area contributed by atoms with E-state index in [2.05, 4.69) is 16.6 Å². The Morgan fingerprint density at radius 1 is 1.83 bits per heavy atom. The van der Waals surface area contributed by atoms with Crippen LogP contribution in [0, 0.1) is 0 Å². The minimum atomic E-state index is -0.518. The molecule has 4 nitrogen and oxygen atoms in total. The van der Waals surface area contributed by atoms with E-state index in [1.165, 1.54) is 6.08 Å². The molecule has 0 aromatic carbocycles. The van der Waals surface area contributed by atoms with Crippen LogP contribution in [-0.4, -0.2) is 30.5 Å². The molecule has 1 amide bonds. The zero-order valence-corrected chi connectivity index (χ0v) is 7.25. The minimum Gasteiger partial charge on any atom is -0.445 e. The molecule has 0 saturated heterocycles. The van der Waals surface area contributed by atoms with Crippen LogP contribution in [0.25, 0.3) is 0 Å². The second-order valence-electron chi connectivity index (χ2n) is 2.32. The second kappa shape index (κ2) is 6.67. The van der Waals surface area contributed by atoms with Gasteiger partial charge >= 0.3 is 6.09 Å². The number of carbonyl (C=O) groups excluding carboxylic acids is 1. The Balaban J connectivity index is 3.58. The number of nitrogens with one attached hydrogen (secondary N) is 1. The van der Waals surface area contributed by atoms with Crippen molar-refractivity contribution in [2.45, 2.75) is 19.4 Å². The number of hydrogen-bond donors (Lipinski definition) is 2. The van der Waals surface area contributed by atoms with E-state index in [1.54, 1.807) is 0 Å². The summed E-state index contributed by atoms with van der Waals surface area (Å²) in [5, 5.41) is 11.2. The van der Waals surface area contributed by atoms with E-state index in [4.69, 9.17) is 5.11 Å². The molecule has 0 unspecified atom stereocenters. The molecule has 0 aromatic heterocycles. The van der Waals surface area contributed by atoms with Gasteiger partial charge in [-0.3, -0.25) is 0 Å². The topological polar surface area (TPSA) is 58.6 Å². The fourth-order valence-electron chi connectivity index (χ4n) is 0.620. The Morgan fingerprint density at radius 2 is 2.50 bits per heavy atom. The van der Waals surface area contributed by atoms with Crippen molar-refractivity contribution in [3.8, 4) is 0 Å². The Bertz CT molecular complexity index is 143. The van der Waals surface area contributed by atoms with E-state index in [0.29, 0.717) is 6.42 Å². The lowest BCUT2D eigenvalue weighted by Gasteiger charge is -2.12. The molecule has 0 aliphatic carbocycles. The summed E-state index contributed by atoms with van der Waals surface area (Å²) in [5.41, 5.74) is 0. The Kier molecular flexibility index (Phi) is 6.09. The third-order valence-electron chi connectivity index (χ3n) is 1.37. The fourth-order valence-corrected chi connectivity index (χ4v) is 0.620. The third kappa shape index (κ3) is 4.73. The van der Waals surface area contributed by atoms with Gasteiger partial charge in [0, 0.05) is 0 Å². The van der Waals surface area contributed by atoms with Crippen molar-refractivity contribution in [2.24, 2.45) is 0 Å². The second-order valence-corrected chi connectivity index (χ2v) is 2.32. The standard InChI is InChI=1S/C8H15NO3/c1-3-5-12-8(11)9-7(4-2)6-10/h3,7,10H,1,4-6H2,2H3,(H,9,11)/t7-/m1/s1. The molecule has 0 radical (unpaired) electrons. The highest BCUT2D eigenvalue weighted by atomic mass is 16.5. The molecule has 0 saturated carbocycles. The molecular formula is C8H15NO3. The molecule has 70 valence electrons. The number of aliphatic hydroxyl groups is 1. The highest BCUT2D eigenvalue weighted by molar-refractivity contribution is 5.67. The number of amides is 1. The number of carbonyl (C=O) groups is 1. The first-order valence-corrected chi connectivity index (χ1v) is 3.89. The molecule has 4 heteroatoms. The summed E-state index contributed by atoms with van der Waals surface area (Å²) in [7, 11) is 0. The lowest BCUT2D eigenvalue weighted by molar-refractivity contribution is 0.145. The van der Waals surface area contributed by atoms with Crippen LogP contribution < -0.4 is 5.32 Å². The first kappa shape index (κ1) is 11.0. The van der Waals surface area contributed by atoms with Crippen LogP contribution >= 0.6 is 0 Å². The van der Waals surface area contributed by atoms with Gasteiger partial charge in [0.1, 0.15) is 6.61 Å². The van der Waals surface area contributed by atoms with Gasteiger partial charge in [-0.1, -0.05) is 19.6 Å². The molecule has 0 aliphatic heterocycles. The van der Waals surface area contributed by atoms with E-state index in [9.17, 15) is 4.79 Å². The zero-order chi connectivity index (χ0) is 9.40. The van der Waals surface area contributed by atoms with E-state index in [1.807, 2.05) is 6.92 Å². The van der Waals surface area contributed by atoms with Crippen LogP contribution in [0.3, 0.4) is 0 Å². The van der Waals surface area contributed by atoms with Crippen LogP contribution in [0.4, 0.5) is 4.79 Å². The summed E-state index contributed by atoms with van der Waals surface area (Å²) in [6.45, 7) is 5.39. The maximum absolute atomic E-state index is 10.8. The van der Waals surface area contributed by atoms with Crippen LogP contribution in [0.2, 0.25) is 0 Å². The predicted molar refractivity (Wildman–Crippen MR) is 45.8 cm³/mol. The monoisotopic (exact) mass is 173 g/mol. The van der Waals surface area contributed by atoms with Crippen LogP contribution in [0.1, 0.15) is 13.3 Å². The van der Waals surface area contributed by atoms with E-state index in [0.717, 1.165) is 0 Å². The number of aliphatic hydroxyl groups excluding tert-OH is 1. The van der Waals surface area contributed by atoms with Crippen LogP contribution in [-0.2, 0) is 4.74 Å². The molecule has 0 heterocycles. The average Bonchev–Trinajstić information content (AvgIpc) is 2.10. The van der Waals surface area contributed by atoms with Crippen molar-refractivity contribution in [3.05, 3.63) is 12.7 Å². The summed E-state index contributed by atoms with van der Waals surface area (Å²) in [6, 6.07) is -0.220. The normalized spacial score (nSPS) is 11.8. The summed E-state index contributed by atoms with van der Waals surface area (Å²) in [4.78, 5) is 10.8. The molecule has 12 heavy (non-hydrogen) atoms. The van der Waals surface area contributed by atoms with Crippen molar-refractivity contribution < 1.29 is 14.6 Å². The van der Waals surface area contributed by atoms with Crippen molar-refractivity contribution in [1.82, 2.24) is 5.32 Å². The van der Waals surface area contributed by atoms with Crippen molar-refractivity contribution in [2.75, 3.05) is 13.2 Å². The smallest absolute Gasteiger partial charge is 0.407 e. The predicted octanol–water partition coefficient (Wildman–Crippen LogP) is 0.669. The fraction of sp³-hybridized carbons (Fsp3) is 0.625. The van der Waals surface area contributed by atoms with Gasteiger partial charge in [0.25, 0.3) is 0 Å². The molecular weight excluding hydrogens is 158 g/mol. The molecule has 0 fully saturated rings. The minimum absolute atomic E-state index is 0.0698. The third-order valence-corrected chi connectivity index (χ3v) is 1.37. The van der Waals surface area contributed by atoms with Gasteiger partial charge in [0.15, 0.2) is 0 Å². The summed E-state index contributed by atoms with van der Waals surface area (Å²) in [6.07, 6.45) is 1.65. The lowest BCUT2D eigenvalue weighted by atomic mass is 10.2. The van der Waals surface area contributed by atoms with Gasteiger partial charge in [-0.25, -0.2) is 4.79 Å². The summed E-state index contributed by atoms with van der Waals surface area (Å²) in [5.74, 6) is 0. The van der Waals surface area contributed by atoms with E-state index >= 15 is 0 Å². The number of rotatable bonds is 5. The van der Waals surface area contributed by atoms with Crippen molar-refractivity contribution in [3.63, 3.8) is 0 Å². The number of alkyl carbamates (subject to hydrolysis) is 1. The zero-order valence-electron chi connectivity index (χ0n) is 7.25. The van der Waals surface area contributed by atoms with Crippen LogP contribution in [0.5, 0.6) is 0 Å². The van der Waals surface area contributed by atoms with E-state index in [-0.39, 0.29) is 19.3 Å². The molecule has 0 spiro atoms.